The Bertz CT molecular complexity index is 941. The Labute approximate surface area is 128 Å². The number of rotatable bonds is 2. The van der Waals surface area contributed by atoms with E-state index < -0.39 is 16.4 Å². The zero-order chi connectivity index (χ0) is 16.6. The molecule has 3 rings (SSSR count). The molecule has 0 saturated carbocycles. The molecule has 114 valence electrons. The Morgan fingerprint density at radius 1 is 1.48 bits per heavy atom. The van der Waals surface area contributed by atoms with Gasteiger partial charge in [0.1, 0.15) is 11.6 Å². The third-order valence-electron chi connectivity index (χ3n) is 3.44. The molecule has 9 heteroatoms. The van der Waals surface area contributed by atoms with E-state index in [2.05, 4.69) is 9.97 Å². The number of nitriles is 1. The lowest BCUT2D eigenvalue weighted by molar-refractivity contribution is -0.384. The number of nitrogens with zero attached hydrogens (tertiary/aromatic N) is 3. The van der Waals surface area contributed by atoms with Gasteiger partial charge in [0.25, 0.3) is 11.2 Å². The molecule has 2 heterocycles. The number of nitro groups is 1. The maximum absolute atomic E-state index is 12.2. The van der Waals surface area contributed by atoms with E-state index in [1.54, 1.807) is 6.07 Å². The first-order valence-electron chi connectivity index (χ1n) is 6.42. The summed E-state index contributed by atoms with van der Waals surface area (Å²) >= 11 is 0. The van der Waals surface area contributed by atoms with Crippen LogP contribution in [0.25, 0.3) is 0 Å². The summed E-state index contributed by atoms with van der Waals surface area (Å²) in [6.45, 7) is 0. The van der Waals surface area contributed by atoms with Gasteiger partial charge in [-0.15, -0.1) is 0 Å². The standard InChI is InChI=1S/C14H9N5O4/c15-5-9-10(7-2-1-3-8(4-7)19(21)22)11-13(20)17-6-18-14(11)23-12(9)16/h1-4,6,10H,16H2,(H,17,18,20). The fourth-order valence-electron chi connectivity index (χ4n) is 2.45. The van der Waals surface area contributed by atoms with Crippen LogP contribution in [0.1, 0.15) is 17.0 Å². The third kappa shape index (κ3) is 2.28. The Balaban J connectivity index is 2.29. The zero-order valence-electron chi connectivity index (χ0n) is 11.5. The van der Waals surface area contributed by atoms with Crippen LogP contribution in [0.15, 0.2) is 46.8 Å². The van der Waals surface area contributed by atoms with Gasteiger partial charge in [-0.05, 0) is 5.56 Å². The lowest BCUT2D eigenvalue weighted by Crippen LogP contribution is -2.28. The normalized spacial score (nSPS) is 16.2. The van der Waals surface area contributed by atoms with Crippen molar-refractivity contribution in [1.29, 1.82) is 5.26 Å². The summed E-state index contributed by atoms with van der Waals surface area (Å²) in [7, 11) is 0. The van der Waals surface area contributed by atoms with Gasteiger partial charge in [-0.25, -0.2) is 4.98 Å². The third-order valence-corrected chi connectivity index (χ3v) is 3.44. The van der Waals surface area contributed by atoms with Gasteiger partial charge in [-0.1, -0.05) is 12.1 Å². The van der Waals surface area contributed by atoms with Crippen molar-refractivity contribution in [3.63, 3.8) is 0 Å². The summed E-state index contributed by atoms with van der Waals surface area (Å²) in [5.41, 5.74) is 5.52. The van der Waals surface area contributed by atoms with Crippen molar-refractivity contribution in [2.75, 3.05) is 0 Å². The summed E-state index contributed by atoms with van der Waals surface area (Å²) in [5.74, 6) is -1.10. The summed E-state index contributed by atoms with van der Waals surface area (Å²) < 4.78 is 5.22. The van der Waals surface area contributed by atoms with Crippen LogP contribution in [-0.4, -0.2) is 14.9 Å². The molecule has 0 aliphatic carbocycles. The Morgan fingerprint density at radius 3 is 2.96 bits per heavy atom. The van der Waals surface area contributed by atoms with Crippen molar-refractivity contribution in [2.45, 2.75) is 5.92 Å². The minimum atomic E-state index is -0.888. The minimum Gasteiger partial charge on any atom is -0.422 e. The molecular weight excluding hydrogens is 302 g/mol. The van der Waals surface area contributed by atoms with E-state index in [9.17, 15) is 20.2 Å². The summed E-state index contributed by atoms with van der Waals surface area (Å²) in [4.78, 5) is 28.9. The van der Waals surface area contributed by atoms with Crippen LogP contribution in [-0.2, 0) is 0 Å². The predicted octanol–water partition coefficient (Wildman–Crippen LogP) is 0.896. The number of non-ortho nitro benzene ring substituents is 1. The van der Waals surface area contributed by atoms with Crippen LogP contribution in [0.5, 0.6) is 5.88 Å². The SMILES string of the molecule is N#CC1=C(N)Oc2nc[nH]c(=O)c2C1c1cccc([N+](=O)[O-])c1. The van der Waals surface area contributed by atoms with E-state index in [0.29, 0.717) is 5.56 Å². The molecule has 0 saturated heterocycles. The van der Waals surface area contributed by atoms with Crippen LogP contribution in [0.4, 0.5) is 5.69 Å². The van der Waals surface area contributed by atoms with Crippen LogP contribution >= 0.6 is 0 Å². The molecule has 2 aromatic rings. The van der Waals surface area contributed by atoms with Crippen molar-refractivity contribution in [3.8, 4) is 11.9 Å². The highest BCUT2D eigenvalue weighted by molar-refractivity contribution is 5.54. The molecule has 1 aliphatic rings. The van der Waals surface area contributed by atoms with Gasteiger partial charge < -0.3 is 15.5 Å². The fourth-order valence-corrected chi connectivity index (χ4v) is 2.45. The van der Waals surface area contributed by atoms with Gasteiger partial charge in [0, 0.05) is 12.1 Å². The van der Waals surface area contributed by atoms with Crippen LogP contribution in [0.2, 0.25) is 0 Å². The van der Waals surface area contributed by atoms with E-state index in [4.69, 9.17) is 10.5 Å². The Hall–Kier alpha value is -3.67. The molecule has 0 spiro atoms. The molecule has 23 heavy (non-hydrogen) atoms. The van der Waals surface area contributed by atoms with Crippen LogP contribution in [0, 0.1) is 21.4 Å². The monoisotopic (exact) mass is 311 g/mol. The number of nitrogens with one attached hydrogen (secondary N) is 1. The summed E-state index contributed by atoms with van der Waals surface area (Å²) in [5, 5.41) is 20.3. The predicted molar refractivity (Wildman–Crippen MR) is 77.3 cm³/mol. The highest BCUT2D eigenvalue weighted by Crippen LogP contribution is 2.39. The van der Waals surface area contributed by atoms with Gasteiger partial charge in [-0.2, -0.15) is 5.26 Å². The van der Waals surface area contributed by atoms with Crippen molar-refractivity contribution < 1.29 is 9.66 Å². The number of allylic oxidation sites excluding steroid dienone is 1. The van der Waals surface area contributed by atoms with Gasteiger partial charge in [0.2, 0.25) is 11.8 Å². The summed E-state index contributed by atoms with van der Waals surface area (Å²) in [6.07, 6.45) is 1.15. The first-order valence-corrected chi connectivity index (χ1v) is 6.42. The second-order valence-electron chi connectivity index (χ2n) is 4.73. The van der Waals surface area contributed by atoms with E-state index in [-0.39, 0.29) is 28.6 Å². The van der Waals surface area contributed by atoms with Gasteiger partial charge in [-0.3, -0.25) is 14.9 Å². The number of fused-ring (bicyclic) bond motifs is 1. The van der Waals surface area contributed by atoms with Gasteiger partial charge in [0.05, 0.1) is 22.7 Å². The molecule has 0 amide bonds. The van der Waals surface area contributed by atoms with Crippen LogP contribution in [0.3, 0.4) is 0 Å². The number of nitro benzene ring substituents is 1. The molecule has 1 unspecified atom stereocenters. The number of aromatic nitrogens is 2. The maximum Gasteiger partial charge on any atom is 0.269 e. The maximum atomic E-state index is 12.2. The Kier molecular flexibility index (Phi) is 3.27. The number of nitrogens with two attached hydrogens (primary N) is 1. The summed E-state index contributed by atoms with van der Waals surface area (Å²) in [6, 6.07) is 7.55. The molecule has 9 nitrogen and oxygen atoms in total. The molecule has 1 atom stereocenters. The van der Waals surface area contributed by atoms with E-state index in [1.807, 2.05) is 6.07 Å². The van der Waals surface area contributed by atoms with E-state index >= 15 is 0 Å². The fraction of sp³-hybridized carbons (Fsp3) is 0.0714. The lowest BCUT2D eigenvalue weighted by Gasteiger charge is -2.24. The molecule has 1 aromatic carbocycles. The quantitative estimate of drug-likeness (QED) is 0.618. The molecule has 3 N–H and O–H groups in total. The average molecular weight is 311 g/mol. The number of H-pyrrole nitrogens is 1. The van der Waals surface area contributed by atoms with Gasteiger partial charge >= 0.3 is 0 Å². The second-order valence-corrected chi connectivity index (χ2v) is 4.73. The molecule has 0 fully saturated rings. The molecular formula is C14H9N5O4. The topological polar surface area (TPSA) is 148 Å². The van der Waals surface area contributed by atoms with Crippen molar-refractivity contribution in [2.24, 2.45) is 5.73 Å². The zero-order valence-corrected chi connectivity index (χ0v) is 11.5. The highest BCUT2D eigenvalue weighted by Gasteiger charge is 2.34. The minimum absolute atomic E-state index is 0.00324. The second kappa shape index (κ2) is 5.27. The number of benzene rings is 1. The Morgan fingerprint density at radius 2 is 2.26 bits per heavy atom. The van der Waals surface area contributed by atoms with Crippen molar-refractivity contribution in [3.05, 3.63) is 73.6 Å². The highest BCUT2D eigenvalue weighted by atomic mass is 16.6. The van der Waals surface area contributed by atoms with Crippen LogP contribution < -0.4 is 16.0 Å². The first kappa shape index (κ1) is 14.3. The van der Waals surface area contributed by atoms with E-state index in [1.165, 1.54) is 18.2 Å². The number of hydrogen-bond donors (Lipinski definition) is 2. The van der Waals surface area contributed by atoms with Crippen molar-refractivity contribution in [1.82, 2.24) is 9.97 Å². The lowest BCUT2D eigenvalue weighted by atomic mass is 9.85. The van der Waals surface area contributed by atoms with E-state index in [0.717, 1.165) is 6.33 Å². The number of ether oxygens (including phenoxy) is 1. The molecule has 0 bridgehead atoms. The number of aromatic amines is 1. The molecule has 1 aromatic heterocycles. The molecule has 1 aliphatic heterocycles. The smallest absolute Gasteiger partial charge is 0.269 e. The van der Waals surface area contributed by atoms with Gasteiger partial charge in [0.15, 0.2) is 0 Å². The average Bonchev–Trinajstić information content (AvgIpc) is 2.54. The number of hydrogen-bond acceptors (Lipinski definition) is 7. The van der Waals surface area contributed by atoms with Crippen molar-refractivity contribution >= 4 is 5.69 Å². The molecule has 0 radical (unpaired) electrons. The first-order chi connectivity index (χ1) is 11.0. The largest absolute Gasteiger partial charge is 0.422 e.